The molecule has 0 aliphatic heterocycles. The van der Waals surface area contributed by atoms with Gasteiger partial charge in [0.2, 0.25) is 5.91 Å². The van der Waals surface area contributed by atoms with Gasteiger partial charge in [-0.1, -0.05) is 142 Å². The highest BCUT2D eigenvalue weighted by Crippen LogP contribution is 2.31. The minimum Gasteiger partial charge on any atom is -0.489 e. The van der Waals surface area contributed by atoms with Crippen molar-refractivity contribution < 1.29 is 9.53 Å². The van der Waals surface area contributed by atoms with Crippen molar-refractivity contribution >= 4 is 5.91 Å². The third-order valence-corrected chi connectivity index (χ3v) is 7.13. The summed E-state index contributed by atoms with van der Waals surface area (Å²) in [6.07, 6.45) is 7.57. The molecular formula is C36H41NO2. The Bertz CT molecular complexity index is 1180. The molecule has 0 aliphatic carbocycles. The molecule has 39 heavy (non-hydrogen) atoms. The van der Waals surface area contributed by atoms with Crippen LogP contribution < -0.4 is 4.74 Å². The molecule has 0 N–H and O–H groups in total. The van der Waals surface area contributed by atoms with Crippen molar-refractivity contribution in [3.05, 3.63) is 138 Å². The van der Waals surface area contributed by atoms with Crippen LogP contribution in [0.3, 0.4) is 0 Å². The number of hydrogen-bond donors (Lipinski definition) is 0. The van der Waals surface area contributed by atoms with Crippen molar-refractivity contribution in [1.82, 2.24) is 4.90 Å². The highest BCUT2D eigenvalue weighted by Gasteiger charge is 2.26. The molecule has 0 atom stereocenters. The van der Waals surface area contributed by atoms with Crippen LogP contribution in [0.25, 0.3) is 0 Å². The van der Waals surface area contributed by atoms with Crippen LogP contribution >= 0.6 is 0 Å². The molecule has 0 saturated carbocycles. The summed E-state index contributed by atoms with van der Waals surface area (Å²) in [5, 5.41) is 0. The van der Waals surface area contributed by atoms with E-state index in [-0.39, 0.29) is 11.9 Å². The van der Waals surface area contributed by atoms with Gasteiger partial charge in [-0.15, -0.1) is 0 Å². The molecule has 3 heteroatoms. The molecule has 202 valence electrons. The van der Waals surface area contributed by atoms with E-state index in [9.17, 15) is 4.79 Å². The molecule has 0 heterocycles. The van der Waals surface area contributed by atoms with Crippen LogP contribution in [-0.4, -0.2) is 10.8 Å². The predicted octanol–water partition coefficient (Wildman–Crippen LogP) is 9.13. The van der Waals surface area contributed by atoms with Gasteiger partial charge in [0.05, 0.1) is 6.04 Å². The molecule has 0 fully saturated rings. The molecule has 0 saturated heterocycles. The van der Waals surface area contributed by atoms with Gasteiger partial charge in [0.1, 0.15) is 12.4 Å². The number of benzene rings is 4. The lowest BCUT2D eigenvalue weighted by Gasteiger charge is -2.33. The third-order valence-electron chi connectivity index (χ3n) is 7.13. The summed E-state index contributed by atoms with van der Waals surface area (Å²) in [6, 6.07) is 39.0. The van der Waals surface area contributed by atoms with Crippen LogP contribution in [0.5, 0.6) is 5.75 Å². The Morgan fingerprint density at radius 1 is 0.641 bits per heavy atom. The van der Waals surface area contributed by atoms with E-state index < -0.39 is 0 Å². The van der Waals surface area contributed by atoms with Crippen LogP contribution in [0.4, 0.5) is 0 Å². The van der Waals surface area contributed by atoms with E-state index in [0.29, 0.717) is 19.6 Å². The summed E-state index contributed by atoms with van der Waals surface area (Å²) in [5.41, 5.74) is 4.49. The number of unbranched alkanes of at least 4 members (excludes halogenated alkanes) is 5. The first kappa shape index (κ1) is 28.2. The van der Waals surface area contributed by atoms with E-state index in [0.717, 1.165) is 40.8 Å². The molecule has 4 aromatic rings. The van der Waals surface area contributed by atoms with E-state index in [1.54, 1.807) is 0 Å². The Hall–Kier alpha value is -3.85. The van der Waals surface area contributed by atoms with Crippen molar-refractivity contribution in [2.45, 2.75) is 71.1 Å². The second kappa shape index (κ2) is 15.5. The maximum absolute atomic E-state index is 13.9. The van der Waals surface area contributed by atoms with Crippen molar-refractivity contribution in [3.63, 3.8) is 0 Å². The van der Waals surface area contributed by atoms with Crippen molar-refractivity contribution in [1.29, 1.82) is 0 Å². The lowest BCUT2D eigenvalue weighted by molar-refractivity contribution is -0.133. The van der Waals surface area contributed by atoms with Gasteiger partial charge in [-0.25, -0.2) is 0 Å². The minimum atomic E-state index is -0.144. The fourth-order valence-electron chi connectivity index (χ4n) is 4.98. The molecular weight excluding hydrogens is 478 g/mol. The first-order valence-electron chi connectivity index (χ1n) is 14.4. The second-order valence-corrected chi connectivity index (χ2v) is 10.2. The van der Waals surface area contributed by atoms with Gasteiger partial charge >= 0.3 is 0 Å². The first-order chi connectivity index (χ1) is 19.2. The third kappa shape index (κ3) is 8.85. The Morgan fingerprint density at radius 3 is 1.77 bits per heavy atom. The average Bonchev–Trinajstić information content (AvgIpc) is 3.00. The average molecular weight is 520 g/mol. The maximum Gasteiger partial charge on any atom is 0.223 e. The zero-order valence-corrected chi connectivity index (χ0v) is 23.2. The Kier molecular flexibility index (Phi) is 11.2. The summed E-state index contributed by atoms with van der Waals surface area (Å²) in [6.45, 7) is 3.31. The van der Waals surface area contributed by atoms with E-state index in [1.807, 2.05) is 42.5 Å². The molecule has 0 unspecified atom stereocenters. The van der Waals surface area contributed by atoms with Crippen LogP contribution in [0.1, 0.15) is 80.2 Å². The number of nitrogens with zero attached hydrogens (tertiary/aromatic N) is 1. The quantitative estimate of drug-likeness (QED) is 0.147. The van der Waals surface area contributed by atoms with Crippen LogP contribution in [0, 0.1) is 0 Å². The summed E-state index contributed by atoms with van der Waals surface area (Å²) in [5.74, 6) is 1.03. The smallest absolute Gasteiger partial charge is 0.223 e. The van der Waals surface area contributed by atoms with Crippen molar-refractivity contribution in [2.75, 3.05) is 0 Å². The van der Waals surface area contributed by atoms with Gasteiger partial charge in [-0.05, 0) is 40.8 Å². The summed E-state index contributed by atoms with van der Waals surface area (Å²) in [4.78, 5) is 15.9. The Labute approximate surface area is 234 Å². The van der Waals surface area contributed by atoms with Crippen LogP contribution in [-0.2, 0) is 17.9 Å². The largest absolute Gasteiger partial charge is 0.489 e. The van der Waals surface area contributed by atoms with Gasteiger partial charge < -0.3 is 9.64 Å². The molecule has 0 aliphatic rings. The Morgan fingerprint density at radius 2 is 1.18 bits per heavy atom. The SMILES string of the molecule is CCCCCCCCC(=O)N(Cc1ccc(OCc2ccccc2)cc1)C(c1ccccc1)c1ccccc1. The second-order valence-electron chi connectivity index (χ2n) is 10.2. The number of amides is 1. The molecule has 0 radical (unpaired) electrons. The molecule has 4 aromatic carbocycles. The normalized spacial score (nSPS) is 10.9. The van der Waals surface area contributed by atoms with Crippen molar-refractivity contribution in [2.24, 2.45) is 0 Å². The van der Waals surface area contributed by atoms with Gasteiger partial charge in [0, 0.05) is 13.0 Å². The molecule has 0 spiro atoms. The monoisotopic (exact) mass is 519 g/mol. The topological polar surface area (TPSA) is 29.5 Å². The number of ether oxygens (including phenoxy) is 1. The van der Waals surface area contributed by atoms with Gasteiger partial charge in [-0.2, -0.15) is 0 Å². The van der Waals surface area contributed by atoms with Crippen LogP contribution in [0.2, 0.25) is 0 Å². The summed E-state index contributed by atoms with van der Waals surface area (Å²) >= 11 is 0. The van der Waals surface area contributed by atoms with Gasteiger partial charge in [0.25, 0.3) is 0 Å². The molecule has 0 bridgehead atoms. The van der Waals surface area contributed by atoms with E-state index in [2.05, 4.69) is 84.6 Å². The summed E-state index contributed by atoms with van der Waals surface area (Å²) in [7, 11) is 0. The molecule has 3 nitrogen and oxygen atoms in total. The standard InChI is InChI=1S/C36H41NO2/c1-2-3-4-5-6-16-23-35(38)37(36(32-19-12-8-13-20-32)33-21-14-9-15-22-33)28-30-24-26-34(27-25-30)39-29-31-17-10-7-11-18-31/h7-15,17-22,24-27,36H,2-6,16,23,28-29H2,1H3. The number of carbonyl (C=O) groups is 1. The number of rotatable bonds is 15. The Balaban J connectivity index is 1.52. The maximum atomic E-state index is 13.9. The fraction of sp³-hybridized carbons (Fsp3) is 0.306. The van der Waals surface area contributed by atoms with Crippen LogP contribution in [0.15, 0.2) is 115 Å². The molecule has 0 aromatic heterocycles. The van der Waals surface area contributed by atoms with Gasteiger partial charge in [-0.3, -0.25) is 4.79 Å². The van der Waals surface area contributed by atoms with E-state index >= 15 is 0 Å². The van der Waals surface area contributed by atoms with Crippen molar-refractivity contribution in [3.8, 4) is 5.75 Å². The lowest BCUT2D eigenvalue weighted by Crippen LogP contribution is -2.35. The lowest BCUT2D eigenvalue weighted by atomic mass is 9.95. The van der Waals surface area contributed by atoms with Gasteiger partial charge in [0.15, 0.2) is 0 Å². The highest BCUT2D eigenvalue weighted by atomic mass is 16.5. The minimum absolute atomic E-state index is 0.144. The fourth-order valence-corrected chi connectivity index (χ4v) is 4.98. The predicted molar refractivity (Wildman–Crippen MR) is 160 cm³/mol. The first-order valence-corrected chi connectivity index (χ1v) is 14.4. The highest BCUT2D eigenvalue weighted by molar-refractivity contribution is 5.77. The van der Waals surface area contributed by atoms with E-state index in [4.69, 9.17) is 4.74 Å². The van der Waals surface area contributed by atoms with E-state index in [1.165, 1.54) is 25.7 Å². The molecule has 1 amide bonds. The number of hydrogen-bond acceptors (Lipinski definition) is 2. The number of carbonyl (C=O) groups excluding carboxylic acids is 1. The summed E-state index contributed by atoms with van der Waals surface area (Å²) < 4.78 is 6.00. The zero-order chi connectivity index (χ0) is 27.1. The molecule has 4 rings (SSSR count). The zero-order valence-electron chi connectivity index (χ0n) is 23.2.